The lowest BCUT2D eigenvalue weighted by molar-refractivity contribution is -0.129. The predicted molar refractivity (Wildman–Crippen MR) is 67.8 cm³/mol. The van der Waals surface area contributed by atoms with Crippen LogP contribution < -0.4 is 10.6 Å². The van der Waals surface area contributed by atoms with Crippen LogP contribution in [-0.2, 0) is 20.8 Å². The first-order chi connectivity index (χ1) is 13.7. The van der Waals surface area contributed by atoms with Gasteiger partial charge >= 0.3 is 0 Å². The molecule has 0 bridgehead atoms. The number of nitrogens with one attached hydrogen (secondary N) is 2. The topological polar surface area (TPSA) is 67.4 Å². The van der Waals surface area contributed by atoms with E-state index >= 15 is 0 Å². The zero-order valence-corrected chi connectivity index (χ0v) is 9.22. The Kier molecular flexibility index (Phi) is 1.80. The number of benzene rings is 1. The van der Waals surface area contributed by atoms with Crippen molar-refractivity contribution in [3.05, 3.63) is 35.8 Å². The van der Waals surface area contributed by atoms with Crippen LogP contribution in [0.4, 0.5) is 0 Å². The first-order valence-corrected chi connectivity index (χ1v) is 4.57. The normalized spacial score (nSPS) is 26.2. The molecule has 0 saturated heterocycles. The molecular formula is C13H18N2O3. The fourth-order valence-corrected chi connectivity index (χ4v) is 0.850. The lowest BCUT2D eigenvalue weighted by Crippen LogP contribution is -2.48. The number of hydrogen-bond donors (Lipinski definition) is 2. The Balaban J connectivity index is 3.54. The highest BCUT2D eigenvalue weighted by Gasteiger charge is 2.18. The lowest BCUT2D eigenvalue weighted by atomic mass is 10.2. The maximum Gasteiger partial charge on any atom is 0.245 e. The number of hydrogen-bond acceptors (Lipinski definition) is 3. The number of ether oxygens (including phenoxy) is 1. The number of carbonyl (C=O) groups excluding carboxylic acids is 2. The summed E-state index contributed by atoms with van der Waals surface area (Å²) in [4.78, 5) is 24.1. The van der Waals surface area contributed by atoms with Gasteiger partial charge in [-0.3, -0.25) is 9.59 Å². The van der Waals surface area contributed by atoms with Crippen LogP contribution >= 0.6 is 0 Å². The van der Waals surface area contributed by atoms with Gasteiger partial charge in [0.2, 0.25) is 11.8 Å². The summed E-state index contributed by atoms with van der Waals surface area (Å²) >= 11 is 0. The molecule has 0 aromatic heterocycles. The molecule has 0 heterocycles. The zero-order valence-electron chi connectivity index (χ0n) is 22.2. The van der Waals surface area contributed by atoms with E-state index in [1.807, 2.05) is 0 Å². The monoisotopic (exact) mass is 263 g/mol. The van der Waals surface area contributed by atoms with Gasteiger partial charge in [-0.2, -0.15) is 0 Å². The molecular weight excluding hydrogens is 232 g/mol. The summed E-state index contributed by atoms with van der Waals surface area (Å²) in [6.45, 7) is -6.22. The summed E-state index contributed by atoms with van der Waals surface area (Å²) in [7, 11) is -3.46. The second kappa shape index (κ2) is 7.45. The maximum absolute atomic E-state index is 12.7. The summed E-state index contributed by atoms with van der Waals surface area (Å²) in [5, 5.41) is 3.04. The molecule has 18 heavy (non-hydrogen) atoms. The molecule has 0 aliphatic heterocycles. The van der Waals surface area contributed by atoms with E-state index in [1.54, 1.807) is 5.32 Å². The highest BCUT2D eigenvalue weighted by atomic mass is 16.5. The highest BCUT2D eigenvalue weighted by molar-refractivity contribution is 5.86. The second-order valence-electron chi connectivity index (χ2n) is 2.84. The Morgan fingerprint density at radius 1 is 1.56 bits per heavy atom. The first-order valence-electron chi connectivity index (χ1n) is 11.1. The molecule has 2 N–H and O–H groups in total. The summed E-state index contributed by atoms with van der Waals surface area (Å²) in [6, 6.07) is -8.27. The summed E-state index contributed by atoms with van der Waals surface area (Å²) in [6.07, 6.45) is 0. The van der Waals surface area contributed by atoms with Gasteiger partial charge in [0, 0.05) is 20.5 Å². The van der Waals surface area contributed by atoms with Crippen molar-refractivity contribution in [3.8, 4) is 0 Å². The average Bonchev–Trinajstić information content (AvgIpc) is 2.54. The lowest BCUT2D eigenvalue weighted by Gasteiger charge is -2.16. The van der Waals surface area contributed by atoms with Gasteiger partial charge in [0.1, 0.15) is 6.02 Å². The van der Waals surface area contributed by atoms with Gasteiger partial charge in [-0.15, -0.1) is 0 Å². The first kappa shape index (κ1) is 4.35. The minimum absolute atomic E-state index is 0.770. The van der Waals surface area contributed by atoms with Gasteiger partial charge in [-0.05, 0) is 5.56 Å². The molecule has 0 aliphatic rings. The van der Waals surface area contributed by atoms with Crippen LogP contribution in [0.5, 0.6) is 0 Å². The van der Waals surface area contributed by atoms with Crippen molar-refractivity contribution in [2.45, 2.75) is 19.4 Å². The third kappa shape index (κ3) is 4.97. The molecule has 5 heteroatoms. The van der Waals surface area contributed by atoms with Crippen molar-refractivity contribution >= 4 is 11.8 Å². The molecule has 1 unspecified atom stereocenters. The summed E-state index contributed by atoms with van der Waals surface area (Å²) < 4.78 is 103. The highest BCUT2D eigenvalue weighted by Crippen LogP contribution is 1.97. The molecule has 1 atom stereocenters. The van der Waals surface area contributed by atoms with E-state index in [0.717, 1.165) is 6.92 Å². The van der Waals surface area contributed by atoms with Crippen molar-refractivity contribution in [1.29, 1.82) is 0 Å². The van der Waals surface area contributed by atoms with E-state index in [4.69, 9.17) is 17.8 Å². The fourth-order valence-electron chi connectivity index (χ4n) is 0.850. The van der Waals surface area contributed by atoms with Crippen LogP contribution in [0, 0.1) is 0 Å². The van der Waals surface area contributed by atoms with E-state index < -0.39 is 73.7 Å². The van der Waals surface area contributed by atoms with E-state index in [9.17, 15) is 9.59 Å². The maximum atomic E-state index is 12.7. The Bertz CT molecular complexity index is 873. The van der Waals surface area contributed by atoms with Crippen LogP contribution in [0.15, 0.2) is 30.2 Å². The van der Waals surface area contributed by atoms with Gasteiger partial charge in [0.25, 0.3) is 0 Å². The zero-order chi connectivity index (χ0) is 24.7. The minimum Gasteiger partial charge on any atom is -0.382 e. The van der Waals surface area contributed by atoms with E-state index in [-0.39, 0.29) is 0 Å². The molecule has 1 aromatic rings. The van der Waals surface area contributed by atoms with E-state index in [0.29, 0.717) is 0 Å². The van der Waals surface area contributed by atoms with Gasteiger partial charge in [-0.1, -0.05) is 30.2 Å². The van der Waals surface area contributed by atoms with Gasteiger partial charge in [0.15, 0.2) is 0 Å². The van der Waals surface area contributed by atoms with Crippen LogP contribution in [0.3, 0.4) is 0 Å². The molecule has 1 aromatic carbocycles. The number of methoxy groups -OCH3 is 1. The van der Waals surface area contributed by atoms with Gasteiger partial charge in [-0.25, -0.2) is 0 Å². The van der Waals surface area contributed by atoms with Crippen LogP contribution in [0.25, 0.3) is 0 Å². The third-order valence-corrected chi connectivity index (χ3v) is 1.48. The molecule has 0 spiro atoms. The minimum atomic E-state index is -3.72. The van der Waals surface area contributed by atoms with Crippen molar-refractivity contribution in [2.75, 3.05) is 13.6 Å². The van der Waals surface area contributed by atoms with Crippen molar-refractivity contribution in [3.63, 3.8) is 0 Å². The van der Waals surface area contributed by atoms with Gasteiger partial charge in [0.05, 0.1) is 24.4 Å². The quantitative estimate of drug-likeness (QED) is 0.783. The Morgan fingerprint density at radius 2 is 2.28 bits per heavy atom. The molecule has 2 amide bonds. The molecule has 1 rings (SSSR count). The van der Waals surface area contributed by atoms with Crippen LogP contribution in [-0.4, -0.2) is 31.4 Å². The molecule has 5 nitrogen and oxygen atoms in total. The second-order valence-corrected chi connectivity index (χ2v) is 2.84. The van der Waals surface area contributed by atoms with E-state index in [2.05, 4.69) is 4.74 Å². The van der Waals surface area contributed by atoms with Crippen LogP contribution in [0.1, 0.15) is 30.3 Å². The van der Waals surface area contributed by atoms with E-state index in [1.165, 1.54) is 5.32 Å². The summed E-state index contributed by atoms with van der Waals surface area (Å²) in [5.41, 5.74) is -1.03. The SMILES string of the molecule is [2H]c1c([2H])c([2H])c(C([2H])([2H])NC(=O)C([2H])(NC(C)=O)C([2H])([2H])OC([2H])([2H])[2H])c([2H])c1[2H]. The summed E-state index contributed by atoms with van der Waals surface area (Å²) in [5.74, 6) is -3.12. The molecule has 0 fully saturated rings. The standard InChI is InChI=1S/C13H18N2O3/c1-10(16)15-12(9-18-2)13(17)14-8-11-6-4-3-5-7-11/h3-7,12H,8-9H2,1-2H3,(H,14,17)(H,15,16)/i2D3,3D,4D,5D,6D,7D,8D2,9D2,12D. The Morgan fingerprint density at radius 3 is 2.89 bits per heavy atom. The Labute approximate surface area is 125 Å². The number of carbonyl (C=O) groups is 2. The smallest absolute Gasteiger partial charge is 0.245 e. The molecule has 0 saturated carbocycles. The number of rotatable bonds is 6. The average molecular weight is 263 g/mol. The molecule has 98 valence electrons. The number of amides is 2. The van der Waals surface area contributed by atoms with Crippen LogP contribution in [0.2, 0.25) is 0 Å². The van der Waals surface area contributed by atoms with Gasteiger partial charge < -0.3 is 15.4 Å². The fraction of sp³-hybridized carbons (Fsp3) is 0.385. The van der Waals surface area contributed by atoms with Crippen molar-refractivity contribution < 1.29 is 32.1 Å². The largest absolute Gasteiger partial charge is 0.382 e. The van der Waals surface area contributed by atoms with Crippen molar-refractivity contribution in [2.24, 2.45) is 0 Å². The van der Waals surface area contributed by atoms with Crippen molar-refractivity contribution in [1.82, 2.24) is 10.6 Å². The Hall–Kier alpha value is -1.88. The molecule has 0 radical (unpaired) electrons. The molecule has 0 aliphatic carbocycles. The third-order valence-electron chi connectivity index (χ3n) is 1.48. The predicted octanol–water partition coefficient (Wildman–Crippen LogP) is 0.454.